The molecule has 0 saturated heterocycles. The molecule has 0 unspecified atom stereocenters. The zero-order valence-electron chi connectivity index (χ0n) is 14.4. The number of benzene rings is 1. The number of thiophene rings is 1. The molecule has 0 aliphatic heterocycles. The topological polar surface area (TPSA) is 58.4 Å². The van der Waals surface area contributed by atoms with Crippen LogP contribution in [0.1, 0.15) is 29.9 Å². The van der Waals surface area contributed by atoms with Crippen molar-refractivity contribution in [3.05, 3.63) is 59.1 Å². The number of nitrogens with zero attached hydrogens (tertiary/aromatic N) is 2. The maximum absolute atomic E-state index is 12.4. The summed E-state index contributed by atoms with van der Waals surface area (Å²) in [6, 6.07) is 13.4. The van der Waals surface area contributed by atoms with Crippen LogP contribution in [-0.4, -0.2) is 29.1 Å². The first kappa shape index (κ1) is 17.4. The Morgan fingerprint density at radius 3 is 2.76 bits per heavy atom. The molecule has 5 nitrogen and oxygen atoms in total. The Labute approximate surface area is 151 Å². The lowest BCUT2D eigenvalue weighted by Crippen LogP contribution is -2.22. The third kappa shape index (κ3) is 4.35. The first-order valence-corrected chi connectivity index (χ1v) is 9.20. The molecule has 1 aromatic carbocycles. The summed E-state index contributed by atoms with van der Waals surface area (Å²) in [6.45, 7) is 7.15. The van der Waals surface area contributed by atoms with Gasteiger partial charge in [-0.2, -0.15) is 0 Å². The Kier molecular flexibility index (Phi) is 5.63. The van der Waals surface area contributed by atoms with Crippen molar-refractivity contribution in [2.24, 2.45) is 0 Å². The maximum atomic E-state index is 12.4. The Morgan fingerprint density at radius 2 is 2.04 bits per heavy atom. The van der Waals surface area contributed by atoms with Gasteiger partial charge in [0.2, 0.25) is 0 Å². The molecule has 0 saturated carbocycles. The molecule has 2 aromatic heterocycles. The second-order valence-electron chi connectivity index (χ2n) is 5.67. The van der Waals surface area contributed by atoms with Crippen LogP contribution < -0.4 is 5.32 Å². The third-order valence-corrected chi connectivity index (χ3v) is 4.88. The largest absolute Gasteiger partial charge is 0.355 e. The van der Waals surface area contributed by atoms with Gasteiger partial charge in [0.05, 0.1) is 4.88 Å². The van der Waals surface area contributed by atoms with Crippen LogP contribution in [0.2, 0.25) is 0 Å². The quantitative estimate of drug-likeness (QED) is 0.678. The zero-order chi connectivity index (χ0) is 17.6. The van der Waals surface area contributed by atoms with Gasteiger partial charge in [0, 0.05) is 18.3 Å². The van der Waals surface area contributed by atoms with E-state index < -0.39 is 0 Å². The van der Waals surface area contributed by atoms with Crippen molar-refractivity contribution in [3.63, 3.8) is 0 Å². The summed E-state index contributed by atoms with van der Waals surface area (Å²) in [5.74, 6) is 0.335. The molecule has 1 N–H and O–H groups in total. The molecule has 0 aliphatic rings. The summed E-state index contributed by atoms with van der Waals surface area (Å²) in [6.07, 6.45) is 0. The number of hydrogen-bond acceptors (Lipinski definition) is 5. The second-order valence-corrected chi connectivity index (χ2v) is 6.62. The van der Waals surface area contributed by atoms with Gasteiger partial charge in [-0.05, 0) is 42.2 Å². The number of amides is 1. The van der Waals surface area contributed by atoms with E-state index in [9.17, 15) is 4.79 Å². The van der Waals surface area contributed by atoms with E-state index in [1.807, 2.05) is 35.7 Å². The van der Waals surface area contributed by atoms with Crippen molar-refractivity contribution in [2.75, 3.05) is 18.4 Å². The van der Waals surface area contributed by atoms with Gasteiger partial charge in [0.1, 0.15) is 0 Å². The molecule has 0 bridgehead atoms. The van der Waals surface area contributed by atoms with Gasteiger partial charge in [-0.25, -0.2) is 0 Å². The second kappa shape index (κ2) is 8.09. The van der Waals surface area contributed by atoms with E-state index in [-0.39, 0.29) is 11.6 Å². The summed E-state index contributed by atoms with van der Waals surface area (Å²) in [4.78, 5) is 15.7. The monoisotopic (exact) mass is 355 g/mol. The molecule has 6 heteroatoms. The van der Waals surface area contributed by atoms with E-state index >= 15 is 0 Å². The van der Waals surface area contributed by atoms with Gasteiger partial charge >= 0.3 is 0 Å². The predicted octanol–water partition coefficient (Wildman–Crippen LogP) is 4.50. The summed E-state index contributed by atoms with van der Waals surface area (Å²) >= 11 is 1.55. The van der Waals surface area contributed by atoms with Crippen LogP contribution in [0.15, 0.2) is 52.4 Å². The summed E-state index contributed by atoms with van der Waals surface area (Å²) in [5.41, 5.74) is 2.20. The number of aromatic nitrogens is 1. The minimum atomic E-state index is -0.272. The normalized spacial score (nSPS) is 11.0. The number of hydrogen-bond donors (Lipinski definition) is 1. The van der Waals surface area contributed by atoms with E-state index in [2.05, 4.69) is 35.3 Å². The smallest absolute Gasteiger partial charge is 0.277 e. The minimum Gasteiger partial charge on any atom is -0.355 e. The highest BCUT2D eigenvalue weighted by atomic mass is 32.1. The SMILES string of the molecule is CCN(CC)Cc1cccc(NC(=O)c2cc(-c3cccs3)on2)c1. The summed E-state index contributed by atoms with van der Waals surface area (Å²) in [7, 11) is 0. The summed E-state index contributed by atoms with van der Waals surface area (Å²) in [5, 5.41) is 8.72. The van der Waals surface area contributed by atoms with Crippen LogP contribution in [0.5, 0.6) is 0 Å². The molecule has 25 heavy (non-hydrogen) atoms. The zero-order valence-corrected chi connectivity index (χ0v) is 15.2. The predicted molar refractivity (Wildman–Crippen MR) is 101 cm³/mol. The molecule has 0 fully saturated rings. The molecule has 0 spiro atoms. The van der Waals surface area contributed by atoms with Crippen molar-refractivity contribution in [2.45, 2.75) is 20.4 Å². The number of carbonyl (C=O) groups is 1. The van der Waals surface area contributed by atoms with Gasteiger partial charge in [0.25, 0.3) is 5.91 Å². The number of rotatable bonds is 7. The van der Waals surface area contributed by atoms with Crippen molar-refractivity contribution in [1.82, 2.24) is 10.1 Å². The summed E-state index contributed by atoms with van der Waals surface area (Å²) < 4.78 is 5.27. The molecule has 3 aromatic rings. The van der Waals surface area contributed by atoms with Crippen molar-refractivity contribution < 1.29 is 9.32 Å². The van der Waals surface area contributed by atoms with Crippen LogP contribution in [0.25, 0.3) is 10.6 Å². The average Bonchev–Trinajstić information content (AvgIpc) is 3.31. The van der Waals surface area contributed by atoms with E-state index in [0.717, 1.165) is 30.2 Å². The number of anilines is 1. The van der Waals surface area contributed by atoms with Crippen LogP contribution in [0.3, 0.4) is 0 Å². The van der Waals surface area contributed by atoms with E-state index in [1.54, 1.807) is 17.4 Å². The molecular formula is C19H21N3O2S. The Balaban J connectivity index is 1.69. The number of carbonyl (C=O) groups excluding carboxylic acids is 1. The molecule has 0 radical (unpaired) electrons. The highest BCUT2D eigenvalue weighted by Crippen LogP contribution is 2.25. The molecular weight excluding hydrogens is 334 g/mol. The van der Waals surface area contributed by atoms with Crippen molar-refractivity contribution in [3.8, 4) is 10.6 Å². The molecule has 1 amide bonds. The first-order valence-electron chi connectivity index (χ1n) is 8.32. The van der Waals surface area contributed by atoms with E-state index in [0.29, 0.717) is 5.76 Å². The lowest BCUT2D eigenvalue weighted by Gasteiger charge is -2.18. The van der Waals surface area contributed by atoms with Gasteiger partial charge in [-0.3, -0.25) is 9.69 Å². The van der Waals surface area contributed by atoms with E-state index in [1.165, 1.54) is 5.56 Å². The lowest BCUT2D eigenvalue weighted by molar-refractivity contribution is 0.101. The maximum Gasteiger partial charge on any atom is 0.277 e. The van der Waals surface area contributed by atoms with Crippen LogP contribution >= 0.6 is 11.3 Å². The standard InChI is InChI=1S/C19H21N3O2S/c1-3-22(4-2)13-14-7-5-8-15(11-14)20-19(23)16-12-17(24-21-16)18-9-6-10-25-18/h5-12H,3-4,13H2,1-2H3,(H,20,23). The molecule has 0 atom stereocenters. The molecule has 3 rings (SSSR count). The highest BCUT2D eigenvalue weighted by molar-refractivity contribution is 7.13. The molecule has 2 heterocycles. The van der Waals surface area contributed by atoms with Crippen LogP contribution in [0, 0.1) is 0 Å². The number of nitrogens with one attached hydrogen (secondary N) is 1. The molecule has 130 valence electrons. The fourth-order valence-electron chi connectivity index (χ4n) is 2.57. The fraction of sp³-hybridized carbons (Fsp3) is 0.263. The third-order valence-electron chi connectivity index (χ3n) is 3.99. The average molecular weight is 355 g/mol. The van der Waals surface area contributed by atoms with Crippen molar-refractivity contribution in [1.29, 1.82) is 0 Å². The van der Waals surface area contributed by atoms with Gasteiger partial charge < -0.3 is 9.84 Å². The lowest BCUT2D eigenvalue weighted by atomic mass is 10.2. The highest BCUT2D eigenvalue weighted by Gasteiger charge is 2.14. The Hall–Kier alpha value is -2.44. The van der Waals surface area contributed by atoms with Gasteiger partial charge in [-0.1, -0.05) is 37.2 Å². The molecule has 0 aliphatic carbocycles. The van der Waals surface area contributed by atoms with Crippen molar-refractivity contribution >= 4 is 22.9 Å². The minimum absolute atomic E-state index is 0.272. The van der Waals surface area contributed by atoms with Crippen LogP contribution in [0.4, 0.5) is 5.69 Å². The fourth-order valence-corrected chi connectivity index (χ4v) is 3.24. The Morgan fingerprint density at radius 1 is 1.20 bits per heavy atom. The van der Waals surface area contributed by atoms with E-state index in [4.69, 9.17) is 4.52 Å². The Bertz CT molecular complexity index is 823. The van der Waals surface area contributed by atoms with Gasteiger partial charge in [-0.15, -0.1) is 11.3 Å². The first-order chi connectivity index (χ1) is 12.2. The van der Waals surface area contributed by atoms with Crippen LogP contribution in [-0.2, 0) is 6.54 Å². The van der Waals surface area contributed by atoms with Gasteiger partial charge in [0.15, 0.2) is 11.5 Å².